The molecule has 1 rings (SSSR count). The molecule has 0 spiro atoms. The maximum absolute atomic E-state index is 12.6. The summed E-state index contributed by atoms with van der Waals surface area (Å²) in [6.45, 7) is 1.89. The number of hydrogen-bond acceptors (Lipinski definition) is 2. The minimum Gasteiger partial charge on any atom is -0.392 e. The topological polar surface area (TPSA) is 55.1 Å². The van der Waals surface area contributed by atoms with Gasteiger partial charge in [-0.1, -0.05) is 31.6 Å². The first-order valence-electron chi connectivity index (χ1n) is 6.03. The molecule has 0 bridgehead atoms. The van der Waals surface area contributed by atoms with Crippen molar-refractivity contribution in [2.45, 2.75) is 32.0 Å². The Hall–Kier alpha value is -1.63. The summed E-state index contributed by atoms with van der Waals surface area (Å²) in [5.41, 5.74) is 4.54. The Morgan fingerprint density at radius 1 is 1.45 bits per heavy atom. The zero-order chi connectivity index (χ0) is 15.3. The molecular formula is C13H15F3N2OS. The molecule has 0 aliphatic heterocycles. The third-order valence-electron chi connectivity index (χ3n) is 2.68. The lowest BCUT2D eigenvalue weighted by Crippen LogP contribution is -2.43. The second-order valence-electron chi connectivity index (χ2n) is 4.30. The molecule has 0 heterocycles. The summed E-state index contributed by atoms with van der Waals surface area (Å²) < 4.78 is 37.7. The number of carbonyl (C=O) groups excluding carboxylic acids is 1. The Kier molecular flexibility index (Phi) is 5.50. The zero-order valence-corrected chi connectivity index (χ0v) is 11.6. The van der Waals surface area contributed by atoms with Gasteiger partial charge in [0.25, 0.3) is 5.91 Å². The van der Waals surface area contributed by atoms with E-state index in [1.807, 2.05) is 6.92 Å². The standard InChI is InChI=1S/C13H15F3N2OS/c1-2-4-10(11(17)20)18-12(19)8-5-3-6-9(7-8)13(14,15)16/h3,5-7,10H,2,4H2,1H3,(H2,17,20)(H,18,19). The summed E-state index contributed by atoms with van der Waals surface area (Å²) in [4.78, 5) is 12.0. The Labute approximate surface area is 120 Å². The Morgan fingerprint density at radius 2 is 2.10 bits per heavy atom. The van der Waals surface area contributed by atoms with E-state index in [2.05, 4.69) is 5.32 Å². The van der Waals surface area contributed by atoms with Crippen LogP contribution in [0, 0.1) is 0 Å². The molecule has 0 saturated heterocycles. The van der Waals surface area contributed by atoms with Crippen LogP contribution >= 0.6 is 12.2 Å². The Morgan fingerprint density at radius 3 is 2.60 bits per heavy atom. The molecular weight excluding hydrogens is 289 g/mol. The fraction of sp³-hybridized carbons (Fsp3) is 0.385. The van der Waals surface area contributed by atoms with E-state index in [1.54, 1.807) is 0 Å². The Bertz CT molecular complexity index is 503. The first-order chi connectivity index (χ1) is 9.25. The second kappa shape index (κ2) is 6.69. The predicted molar refractivity (Wildman–Crippen MR) is 74.4 cm³/mol. The van der Waals surface area contributed by atoms with Gasteiger partial charge in [0.1, 0.15) is 0 Å². The van der Waals surface area contributed by atoms with E-state index in [1.165, 1.54) is 12.1 Å². The monoisotopic (exact) mass is 304 g/mol. The van der Waals surface area contributed by atoms with E-state index in [4.69, 9.17) is 18.0 Å². The molecule has 1 amide bonds. The maximum Gasteiger partial charge on any atom is 0.416 e. The van der Waals surface area contributed by atoms with Crippen molar-refractivity contribution in [3.63, 3.8) is 0 Å². The minimum atomic E-state index is -4.48. The highest BCUT2D eigenvalue weighted by atomic mass is 32.1. The lowest BCUT2D eigenvalue weighted by Gasteiger charge is -2.17. The highest BCUT2D eigenvalue weighted by Crippen LogP contribution is 2.29. The molecule has 1 aromatic carbocycles. The SMILES string of the molecule is CCCC(NC(=O)c1cccc(C(F)(F)F)c1)C(N)=S. The first kappa shape index (κ1) is 16.4. The summed E-state index contributed by atoms with van der Waals surface area (Å²) in [7, 11) is 0. The van der Waals surface area contributed by atoms with Gasteiger partial charge in [0, 0.05) is 5.56 Å². The molecule has 1 unspecified atom stereocenters. The highest BCUT2D eigenvalue weighted by Gasteiger charge is 2.31. The maximum atomic E-state index is 12.6. The summed E-state index contributed by atoms with van der Waals surface area (Å²) in [6.07, 6.45) is -3.20. The normalized spacial score (nSPS) is 12.8. The van der Waals surface area contributed by atoms with Crippen LogP contribution in [0.5, 0.6) is 0 Å². The highest BCUT2D eigenvalue weighted by molar-refractivity contribution is 7.80. The van der Waals surface area contributed by atoms with E-state index in [9.17, 15) is 18.0 Å². The summed E-state index contributed by atoms with van der Waals surface area (Å²) in [5, 5.41) is 2.54. The van der Waals surface area contributed by atoms with Crippen molar-refractivity contribution in [2.24, 2.45) is 5.73 Å². The van der Waals surface area contributed by atoms with Gasteiger partial charge in [-0.05, 0) is 24.6 Å². The second-order valence-corrected chi connectivity index (χ2v) is 4.77. The lowest BCUT2D eigenvalue weighted by molar-refractivity contribution is -0.137. The van der Waals surface area contributed by atoms with Gasteiger partial charge in [-0.3, -0.25) is 4.79 Å². The third kappa shape index (κ3) is 4.48. The molecule has 110 valence electrons. The molecule has 0 saturated carbocycles. The molecule has 0 fully saturated rings. The number of alkyl halides is 3. The van der Waals surface area contributed by atoms with Gasteiger partial charge in [-0.2, -0.15) is 13.2 Å². The number of amides is 1. The van der Waals surface area contributed by atoms with Crippen molar-refractivity contribution in [1.82, 2.24) is 5.32 Å². The summed E-state index contributed by atoms with van der Waals surface area (Å²) in [6, 6.07) is 3.70. The van der Waals surface area contributed by atoms with Crippen LogP contribution in [0.1, 0.15) is 35.7 Å². The fourth-order valence-corrected chi connectivity index (χ4v) is 1.83. The molecule has 3 N–H and O–H groups in total. The molecule has 7 heteroatoms. The lowest BCUT2D eigenvalue weighted by atomic mass is 10.1. The van der Waals surface area contributed by atoms with E-state index in [-0.39, 0.29) is 10.6 Å². The molecule has 3 nitrogen and oxygen atoms in total. The number of hydrogen-bond donors (Lipinski definition) is 2. The van der Waals surface area contributed by atoms with Crippen LogP contribution in [0.2, 0.25) is 0 Å². The van der Waals surface area contributed by atoms with E-state index in [0.717, 1.165) is 18.6 Å². The van der Waals surface area contributed by atoms with Gasteiger partial charge < -0.3 is 11.1 Å². The van der Waals surface area contributed by atoms with Crippen molar-refractivity contribution in [3.8, 4) is 0 Å². The Balaban J connectivity index is 2.89. The zero-order valence-electron chi connectivity index (χ0n) is 10.8. The van der Waals surface area contributed by atoms with Crippen molar-refractivity contribution in [1.29, 1.82) is 0 Å². The van der Waals surface area contributed by atoms with Crippen LogP contribution in [0.3, 0.4) is 0 Å². The number of halogens is 3. The molecule has 0 radical (unpaired) electrons. The van der Waals surface area contributed by atoms with Crippen LogP contribution < -0.4 is 11.1 Å². The van der Waals surface area contributed by atoms with Gasteiger partial charge in [-0.25, -0.2) is 0 Å². The number of nitrogens with one attached hydrogen (secondary N) is 1. The van der Waals surface area contributed by atoms with Crippen LogP contribution in [-0.4, -0.2) is 16.9 Å². The van der Waals surface area contributed by atoms with Gasteiger partial charge in [0.2, 0.25) is 0 Å². The van der Waals surface area contributed by atoms with Gasteiger partial charge >= 0.3 is 6.18 Å². The van der Waals surface area contributed by atoms with E-state index >= 15 is 0 Å². The summed E-state index contributed by atoms with van der Waals surface area (Å²) >= 11 is 4.82. The molecule has 0 aliphatic rings. The van der Waals surface area contributed by atoms with Crippen LogP contribution in [0.15, 0.2) is 24.3 Å². The third-order valence-corrected chi connectivity index (χ3v) is 2.96. The largest absolute Gasteiger partial charge is 0.416 e. The van der Waals surface area contributed by atoms with Gasteiger partial charge in [-0.15, -0.1) is 0 Å². The quantitative estimate of drug-likeness (QED) is 0.822. The molecule has 1 aromatic rings. The van der Waals surface area contributed by atoms with Crippen molar-refractivity contribution >= 4 is 23.1 Å². The van der Waals surface area contributed by atoms with Gasteiger partial charge in [0.05, 0.1) is 16.6 Å². The van der Waals surface area contributed by atoms with Crippen molar-refractivity contribution in [2.75, 3.05) is 0 Å². The molecule has 20 heavy (non-hydrogen) atoms. The number of thiocarbonyl (C=S) groups is 1. The number of nitrogens with two attached hydrogens (primary N) is 1. The van der Waals surface area contributed by atoms with Gasteiger partial charge in [0.15, 0.2) is 0 Å². The van der Waals surface area contributed by atoms with Crippen LogP contribution in [0.25, 0.3) is 0 Å². The number of carbonyl (C=O) groups is 1. The van der Waals surface area contributed by atoms with Crippen LogP contribution in [0.4, 0.5) is 13.2 Å². The van der Waals surface area contributed by atoms with Crippen molar-refractivity contribution < 1.29 is 18.0 Å². The fourth-order valence-electron chi connectivity index (χ4n) is 1.65. The summed E-state index contributed by atoms with van der Waals surface area (Å²) in [5.74, 6) is -0.623. The van der Waals surface area contributed by atoms with Crippen LogP contribution in [-0.2, 0) is 6.18 Å². The molecule has 1 atom stereocenters. The molecule has 0 aromatic heterocycles. The smallest absolute Gasteiger partial charge is 0.392 e. The minimum absolute atomic E-state index is 0.0721. The number of benzene rings is 1. The average molecular weight is 304 g/mol. The number of rotatable bonds is 5. The molecule has 0 aliphatic carbocycles. The van der Waals surface area contributed by atoms with Crippen molar-refractivity contribution in [3.05, 3.63) is 35.4 Å². The van der Waals surface area contributed by atoms with E-state index in [0.29, 0.717) is 6.42 Å². The van der Waals surface area contributed by atoms with E-state index < -0.39 is 23.7 Å². The average Bonchev–Trinajstić information content (AvgIpc) is 2.37. The first-order valence-corrected chi connectivity index (χ1v) is 6.44. The predicted octanol–water partition coefficient (Wildman–Crippen LogP) is 2.89.